The van der Waals surface area contributed by atoms with Gasteiger partial charge in [0, 0.05) is 0 Å². The minimum absolute atomic E-state index is 0.500. The number of rotatable bonds is 2. The highest BCUT2D eigenvalue weighted by atomic mass is 16.5. The van der Waals surface area contributed by atoms with Crippen LogP contribution in [0.1, 0.15) is 0 Å². The SMILES string of the molecule is c1nc(-c2oncc2-c2cnco2)co1. The summed E-state index contributed by atoms with van der Waals surface area (Å²) in [6.45, 7) is 0. The van der Waals surface area contributed by atoms with Gasteiger partial charge >= 0.3 is 0 Å². The van der Waals surface area contributed by atoms with E-state index in [1.807, 2.05) is 0 Å². The molecule has 3 heterocycles. The van der Waals surface area contributed by atoms with Gasteiger partial charge in [-0.25, -0.2) is 9.97 Å². The van der Waals surface area contributed by atoms with E-state index in [1.54, 1.807) is 12.4 Å². The Hall–Kier alpha value is -2.37. The van der Waals surface area contributed by atoms with Crippen molar-refractivity contribution >= 4 is 0 Å². The van der Waals surface area contributed by atoms with Crippen molar-refractivity contribution in [3.8, 4) is 22.8 Å². The van der Waals surface area contributed by atoms with E-state index in [0.717, 1.165) is 0 Å². The zero-order chi connectivity index (χ0) is 10.1. The average Bonchev–Trinajstić information content (AvgIpc) is 3.01. The van der Waals surface area contributed by atoms with Crippen LogP contribution in [0.3, 0.4) is 0 Å². The lowest BCUT2D eigenvalue weighted by Gasteiger charge is -1.91. The van der Waals surface area contributed by atoms with E-state index in [4.69, 9.17) is 13.4 Å². The van der Waals surface area contributed by atoms with Gasteiger partial charge in [0.15, 0.2) is 24.3 Å². The molecule has 3 aromatic rings. The molecule has 6 heteroatoms. The summed E-state index contributed by atoms with van der Waals surface area (Å²) < 4.78 is 15.1. The van der Waals surface area contributed by atoms with Crippen LogP contribution in [-0.2, 0) is 0 Å². The summed E-state index contributed by atoms with van der Waals surface area (Å²) >= 11 is 0. The van der Waals surface area contributed by atoms with Gasteiger partial charge in [-0.2, -0.15) is 0 Å². The fourth-order valence-corrected chi connectivity index (χ4v) is 1.27. The van der Waals surface area contributed by atoms with E-state index in [2.05, 4.69) is 15.1 Å². The topological polar surface area (TPSA) is 78.1 Å². The van der Waals surface area contributed by atoms with Crippen LogP contribution in [0.25, 0.3) is 22.8 Å². The molecule has 0 unspecified atom stereocenters. The third-order valence-corrected chi connectivity index (χ3v) is 1.93. The number of oxazole rings is 2. The molecule has 0 spiro atoms. The van der Waals surface area contributed by atoms with Crippen molar-refractivity contribution in [1.29, 1.82) is 0 Å². The number of hydrogen-bond donors (Lipinski definition) is 0. The summed E-state index contributed by atoms with van der Waals surface area (Å²) in [5.74, 6) is 1.08. The monoisotopic (exact) mass is 203 g/mol. The van der Waals surface area contributed by atoms with Crippen molar-refractivity contribution in [1.82, 2.24) is 15.1 Å². The maximum atomic E-state index is 5.15. The molecular weight excluding hydrogens is 198 g/mol. The molecule has 0 aliphatic heterocycles. The van der Waals surface area contributed by atoms with Gasteiger partial charge in [-0.1, -0.05) is 5.16 Å². The van der Waals surface area contributed by atoms with Crippen molar-refractivity contribution in [3.63, 3.8) is 0 Å². The van der Waals surface area contributed by atoms with Gasteiger partial charge in [-0.15, -0.1) is 0 Å². The van der Waals surface area contributed by atoms with Crippen molar-refractivity contribution in [2.45, 2.75) is 0 Å². The second-order valence-electron chi connectivity index (χ2n) is 2.81. The third kappa shape index (κ3) is 1.23. The fraction of sp³-hybridized carbons (Fsp3) is 0. The minimum Gasteiger partial charge on any atom is -0.451 e. The standard InChI is InChI=1S/C9H5N3O3/c1-6(8-2-10-4-14-8)9(15-12-1)7-3-13-5-11-7/h1-5H. The Morgan fingerprint density at radius 1 is 1.13 bits per heavy atom. The van der Waals surface area contributed by atoms with E-state index >= 15 is 0 Å². The van der Waals surface area contributed by atoms with Crippen LogP contribution in [-0.4, -0.2) is 15.1 Å². The van der Waals surface area contributed by atoms with E-state index in [-0.39, 0.29) is 0 Å². The Labute approximate surface area is 83.5 Å². The molecule has 0 radical (unpaired) electrons. The lowest BCUT2D eigenvalue weighted by Crippen LogP contribution is -1.77. The van der Waals surface area contributed by atoms with Gasteiger partial charge in [-0.3, -0.25) is 0 Å². The molecule has 0 fully saturated rings. The Kier molecular flexibility index (Phi) is 1.64. The molecule has 3 aromatic heterocycles. The van der Waals surface area contributed by atoms with E-state index in [9.17, 15) is 0 Å². The Morgan fingerprint density at radius 3 is 2.87 bits per heavy atom. The predicted molar refractivity (Wildman–Crippen MR) is 47.5 cm³/mol. The van der Waals surface area contributed by atoms with Crippen molar-refractivity contribution < 1.29 is 13.4 Å². The van der Waals surface area contributed by atoms with Crippen molar-refractivity contribution in [2.75, 3.05) is 0 Å². The summed E-state index contributed by atoms with van der Waals surface area (Å²) in [7, 11) is 0. The first-order valence-electron chi connectivity index (χ1n) is 4.17. The van der Waals surface area contributed by atoms with Gasteiger partial charge < -0.3 is 13.4 Å². The van der Waals surface area contributed by atoms with Crippen LogP contribution in [0, 0.1) is 0 Å². The molecule has 0 aliphatic rings. The lowest BCUT2D eigenvalue weighted by molar-refractivity contribution is 0.430. The summed E-state index contributed by atoms with van der Waals surface area (Å²) in [4.78, 5) is 7.79. The highest BCUT2D eigenvalue weighted by Gasteiger charge is 2.16. The van der Waals surface area contributed by atoms with Crippen molar-refractivity contribution in [2.24, 2.45) is 0 Å². The number of hydrogen-bond acceptors (Lipinski definition) is 6. The van der Waals surface area contributed by atoms with Gasteiger partial charge in [0.25, 0.3) is 0 Å². The van der Waals surface area contributed by atoms with Gasteiger partial charge in [0.1, 0.15) is 12.0 Å². The summed E-state index contributed by atoms with van der Waals surface area (Å²) in [5, 5.41) is 3.69. The molecule has 0 N–H and O–H groups in total. The Morgan fingerprint density at radius 2 is 2.13 bits per heavy atom. The lowest BCUT2D eigenvalue weighted by atomic mass is 10.2. The molecule has 0 aliphatic carbocycles. The first-order chi connectivity index (χ1) is 7.45. The molecule has 0 aromatic carbocycles. The largest absolute Gasteiger partial charge is 0.451 e. The predicted octanol–water partition coefficient (Wildman–Crippen LogP) is 1.98. The smallest absolute Gasteiger partial charge is 0.199 e. The fourth-order valence-electron chi connectivity index (χ4n) is 1.27. The van der Waals surface area contributed by atoms with E-state index < -0.39 is 0 Å². The molecule has 15 heavy (non-hydrogen) atoms. The van der Waals surface area contributed by atoms with Crippen LogP contribution >= 0.6 is 0 Å². The first-order valence-corrected chi connectivity index (χ1v) is 4.17. The molecule has 6 nitrogen and oxygen atoms in total. The molecule has 3 rings (SSSR count). The summed E-state index contributed by atoms with van der Waals surface area (Å²) in [6.07, 6.45) is 7.26. The molecule has 0 amide bonds. The minimum atomic E-state index is 0.500. The van der Waals surface area contributed by atoms with Gasteiger partial charge in [0.2, 0.25) is 0 Å². The molecule has 0 bridgehead atoms. The second-order valence-corrected chi connectivity index (χ2v) is 2.81. The molecular formula is C9H5N3O3. The van der Waals surface area contributed by atoms with E-state index in [1.165, 1.54) is 19.1 Å². The van der Waals surface area contributed by atoms with Gasteiger partial charge in [0.05, 0.1) is 18.0 Å². The maximum absolute atomic E-state index is 5.15. The maximum Gasteiger partial charge on any atom is 0.199 e. The quantitative estimate of drug-likeness (QED) is 0.633. The van der Waals surface area contributed by atoms with Crippen LogP contribution in [0.2, 0.25) is 0 Å². The molecule has 0 saturated heterocycles. The molecule has 74 valence electrons. The number of nitrogens with zero attached hydrogens (tertiary/aromatic N) is 3. The molecule has 0 saturated carbocycles. The van der Waals surface area contributed by atoms with Crippen LogP contribution < -0.4 is 0 Å². The highest BCUT2D eigenvalue weighted by molar-refractivity contribution is 5.73. The normalized spacial score (nSPS) is 10.7. The van der Waals surface area contributed by atoms with Crippen LogP contribution in [0.4, 0.5) is 0 Å². The average molecular weight is 203 g/mol. The summed E-state index contributed by atoms with van der Waals surface area (Å²) in [6, 6.07) is 0. The number of aromatic nitrogens is 3. The first kappa shape index (κ1) is 7.98. The zero-order valence-electron chi connectivity index (χ0n) is 7.45. The molecule has 0 atom stereocenters. The van der Waals surface area contributed by atoms with Crippen molar-refractivity contribution in [3.05, 3.63) is 31.4 Å². The Bertz CT molecular complexity index is 490. The third-order valence-electron chi connectivity index (χ3n) is 1.93. The van der Waals surface area contributed by atoms with Crippen LogP contribution in [0.5, 0.6) is 0 Å². The van der Waals surface area contributed by atoms with E-state index in [0.29, 0.717) is 22.8 Å². The second kappa shape index (κ2) is 3.09. The zero-order valence-corrected chi connectivity index (χ0v) is 7.45. The van der Waals surface area contributed by atoms with Crippen LogP contribution in [0.15, 0.2) is 44.8 Å². The highest BCUT2D eigenvalue weighted by Crippen LogP contribution is 2.30. The summed E-state index contributed by atoms with van der Waals surface area (Å²) in [5.41, 5.74) is 1.26. The van der Waals surface area contributed by atoms with Gasteiger partial charge in [-0.05, 0) is 0 Å². The Balaban J connectivity index is 2.15.